The normalized spacial score (nSPS) is 10.4. The Hall–Kier alpha value is -0.610. The lowest BCUT2D eigenvalue weighted by Crippen LogP contribution is -2.07. The molecule has 0 saturated heterocycles. The molecule has 0 aliphatic heterocycles. The number of rotatable bonds is 10. The standard InChI is InChI=1S/C10H20O4/c1-13-7-5-3-2-4-6-8-14-9-10(11)12/h2-9H2,1H3,(H,11,12). The lowest BCUT2D eigenvalue weighted by Gasteiger charge is -2.01. The first-order valence-electron chi connectivity index (χ1n) is 5.06. The van der Waals surface area contributed by atoms with Crippen molar-refractivity contribution >= 4 is 5.97 Å². The molecular formula is C10H20O4. The zero-order chi connectivity index (χ0) is 10.6. The molecule has 0 atom stereocenters. The van der Waals surface area contributed by atoms with Crippen molar-refractivity contribution in [3.05, 3.63) is 0 Å². The van der Waals surface area contributed by atoms with Gasteiger partial charge in [0.15, 0.2) is 0 Å². The smallest absolute Gasteiger partial charge is 0.329 e. The number of aliphatic carboxylic acids is 1. The van der Waals surface area contributed by atoms with Gasteiger partial charge in [-0.3, -0.25) is 0 Å². The topological polar surface area (TPSA) is 55.8 Å². The van der Waals surface area contributed by atoms with Crippen molar-refractivity contribution in [2.75, 3.05) is 26.9 Å². The van der Waals surface area contributed by atoms with Crippen LogP contribution in [0.25, 0.3) is 0 Å². The highest BCUT2D eigenvalue weighted by Gasteiger charge is 1.95. The van der Waals surface area contributed by atoms with Crippen LogP contribution in [0.3, 0.4) is 0 Å². The summed E-state index contributed by atoms with van der Waals surface area (Å²) in [6.07, 6.45) is 5.49. The van der Waals surface area contributed by atoms with Gasteiger partial charge in [0.2, 0.25) is 0 Å². The summed E-state index contributed by atoms with van der Waals surface area (Å²) in [4.78, 5) is 10.1. The third-order valence-corrected chi connectivity index (χ3v) is 1.86. The zero-order valence-corrected chi connectivity index (χ0v) is 8.83. The van der Waals surface area contributed by atoms with Crippen LogP contribution in [0.4, 0.5) is 0 Å². The molecule has 0 aromatic carbocycles. The van der Waals surface area contributed by atoms with E-state index < -0.39 is 5.97 Å². The molecular weight excluding hydrogens is 184 g/mol. The van der Waals surface area contributed by atoms with Crippen molar-refractivity contribution in [2.45, 2.75) is 32.1 Å². The number of unbranched alkanes of at least 4 members (excludes halogenated alkanes) is 4. The van der Waals surface area contributed by atoms with E-state index in [4.69, 9.17) is 14.6 Å². The minimum Gasteiger partial charge on any atom is -0.480 e. The molecule has 0 aliphatic carbocycles. The molecule has 4 heteroatoms. The summed E-state index contributed by atoms with van der Waals surface area (Å²) in [6.45, 7) is 1.20. The minimum absolute atomic E-state index is 0.177. The average molecular weight is 204 g/mol. The van der Waals surface area contributed by atoms with Crippen molar-refractivity contribution in [3.63, 3.8) is 0 Å². The van der Waals surface area contributed by atoms with E-state index in [1.165, 1.54) is 12.8 Å². The van der Waals surface area contributed by atoms with Gasteiger partial charge in [-0.05, 0) is 12.8 Å². The Morgan fingerprint density at radius 2 is 1.64 bits per heavy atom. The molecule has 0 bridgehead atoms. The highest BCUT2D eigenvalue weighted by atomic mass is 16.5. The third-order valence-electron chi connectivity index (χ3n) is 1.86. The Labute approximate surface area is 85.2 Å². The summed E-state index contributed by atoms with van der Waals surface area (Å²) in [6, 6.07) is 0. The molecule has 0 aromatic heterocycles. The van der Waals surface area contributed by atoms with Gasteiger partial charge in [-0.1, -0.05) is 19.3 Å². The van der Waals surface area contributed by atoms with Crippen molar-refractivity contribution < 1.29 is 19.4 Å². The first kappa shape index (κ1) is 13.4. The molecule has 84 valence electrons. The molecule has 0 radical (unpaired) electrons. The Bertz CT molecular complexity index is 136. The van der Waals surface area contributed by atoms with Crippen LogP contribution in [0.15, 0.2) is 0 Å². The summed E-state index contributed by atoms with van der Waals surface area (Å²) in [5.74, 6) is -0.898. The summed E-state index contributed by atoms with van der Waals surface area (Å²) >= 11 is 0. The fourth-order valence-corrected chi connectivity index (χ4v) is 1.14. The average Bonchev–Trinajstić information content (AvgIpc) is 2.15. The van der Waals surface area contributed by atoms with Crippen LogP contribution in [0.1, 0.15) is 32.1 Å². The number of carbonyl (C=O) groups is 1. The molecule has 1 N–H and O–H groups in total. The molecule has 0 saturated carbocycles. The maximum atomic E-state index is 10.1. The number of carboxylic acid groups (broad SMARTS) is 1. The van der Waals surface area contributed by atoms with Gasteiger partial charge in [0.05, 0.1) is 0 Å². The Morgan fingerprint density at radius 3 is 2.21 bits per heavy atom. The minimum atomic E-state index is -0.898. The molecule has 0 fully saturated rings. The lowest BCUT2D eigenvalue weighted by atomic mass is 10.1. The predicted octanol–water partition coefficient (Wildman–Crippen LogP) is 1.68. The number of methoxy groups -OCH3 is 1. The zero-order valence-electron chi connectivity index (χ0n) is 8.83. The number of hydrogen-bond acceptors (Lipinski definition) is 3. The van der Waals surface area contributed by atoms with Crippen LogP contribution in [-0.2, 0) is 14.3 Å². The quantitative estimate of drug-likeness (QED) is 0.550. The van der Waals surface area contributed by atoms with Crippen LogP contribution in [-0.4, -0.2) is 38.0 Å². The number of hydrogen-bond donors (Lipinski definition) is 1. The second kappa shape index (κ2) is 10.5. The third kappa shape index (κ3) is 11.4. The monoisotopic (exact) mass is 204 g/mol. The largest absolute Gasteiger partial charge is 0.480 e. The van der Waals surface area contributed by atoms with E-state index in [2.05, 4.69) is 0 Å². The molecule has 0 heterocycles. The second-order valence-electron chi connectivity index (χ2n) is 3.21. The molecule has 4 nitrogen and oxygen atoms in total. The fourth-order valence-electron chi connectivity index (χ4n) is 1.14. The Kier molecular flexibility index (Phi) is 10.0. The van der Waals surface area contributed by atoms with Gasteiger partial charge in [0, 0.05) is 20.3 Å². The summed E-state index contributed by atoms with van der Waals surface area (Å²) < 4.78 is 9.82. The van der Waals surface area contributed by atoms with Gasteiger partial charge < -0.3 is 14.6 Å². The Balaban J connectivity index is 2.88. The molecule has 0 aliphatic rings. The van der Waals surface area contributed by atoms with Crippen molar-refractivity contribution in [3.8, 4) is 0 Å². The number of ether oxygens (including phenoxy) is 2. The molecule has 0 amide bonds. The van der Waals surface area contributed by atoms with Gasteiger partial charge in [-0.2, -0.15) is 0 Å². The summed E-state index contributed by atoms with van der Waals surface area (Å²) in [7, 11) is 1.71. The highest BCUT2D eigenvalue weighted by molar-refractivity contribution is 5.67. The fraction of sp³-hybridized carbons (Fsp3) is 0.900. The van der Waals surface area contributed by atoms with E-state index in [1.54, 1.807) is 7.11 Å². The van der Waals surface area contributed by atoms with E-state index in [-0.39, 0.29) is 6.61 Å². The molecule has 0 spiro atoms. The molecule has 0 unspecified atom stereocenters. The maximum absolute atomic E-state index is 10.1. The van der Waals surface area contributed by atoms with Crippen molar-refractivity contribution in [2.24, 2.45) is 0 Å². The van der Waals surface area contributed by atoms with Gasteiger partial charge in [-0.25, -0.2) is 4.79 Å². The number of carboxylic acids is 1. The van der Waals surface area contributed by atoms with Crippen LogP contribution < -0.4 is 0 Å². The van der Waals surface area contributed by atoms with Gasteiger partial charge in [0.25, 0.3) is 0 Å². The summed E-state index contributed by atoms with van der Waals surface area (Å²) in [5.41, 5.74) is 0. The molecule has 0 aromatic rings. The second-order valence-corrected chi connectivity index (χ2v) is 3.21. The van der Waals surface area contributed by atoms with E-state index in [1.807, 2.05) is 0 Å². The van der Waals surface area contributed by atoms with Crippen LogP contribution in [0.5, 0.6) is 0 Å². The van der Waals surface area contributed by atoms with Gasteiger partial charge in [-0.15, -0.1) is 0 Å². The SMILES string of the molecule is COCCCCCCCOCC(=O)O. The molecule has 14 heavy (non-hydrogen) atoms. The van der Waals surface area contributed by atoms with E-state index >= 15 is 0 Å². The van der Waals surface area contributed by atoms with E-state index in [0.717, 1.165) is 25.9 Å². The van der Waals surface area contributed by atoms with E-state index in [9.17, 15) is 4.79 Å². The highest BCUT2D eigenvalue weighted by Crippen LogP contribution is 2.02. The maximum Gasteiger partial charge on any atom is 0.329 e. The first-order chi connectivity index (χ1) is 6.77. The van der Waals surface area contributed by atoms with Crippen LogP contribution >= 0.6 is 0 Å². The van der Waals surface area contributed by atoms with Crippen LogP contribution in [0, 0.1) is 0 Å². The lowest BCUT2D eigenvalue weighted by molar-refractivity contribution is -0.142. The van der Waals surface area contributed by atoms with Crippen molar-refractivity contribution in [1.29, 1.82) is 0 Å². The predicted molar refractivity (Wildman–Crippen MR) is 53.4 cm³/mol. The van der Waals surface area contributed by atoms with E-state index in [0.29, 0.717) is 6.61 Å². The van der Waals surface area contributed by atoms with Gasteiger partial charge in [0.1, 0.15) is 6.61 Å². The van der Waals surface area contributed by atoms with Crippen molar-refractivity contribution in [1.82, 2.24) is 0 Å². The Morgan fingerprint density at radius 1 is 1.07 bits per heavy atom. The van der Waals surface area contributed by atoms with Gasteiger partial charge >= 0.3 is 5.97 Å². The molecule has 0 rings (SSSR count). The first-order valence-corrected chi connectivity index (χ1v) is 5.06. The summed E-state index contributed by atoms with van der Waals surface area (Å²) in [5, 5.41) is 8.27. The van der Waals surface area contributed by atoms with Crippen LogP contribution in [0.2, 0.25) is 0 Å².